The van der Waals surface area contributed by atoms with Gasteiger partial charge in [-0.1, -0.05) is 36.2 Å². The number of nitrogens with zero attached hydrogens (tertiary/aromatic N) is 3. The van der Waals surface area contributed by atoms with Gasteiger partial charge in [-0.3, -0.25) is 4.79 Å². The lowest BCUT2D eigenvalue weighted by atomic mass is 10.1. The van der Waals surface area contributed by atoms with Gasteiger partial charge >= 0.3 is 0 Å². The minimum absolute atomic E-state index is 0.0337. The summed E-state index contributed by atoms with van der Waals surface area (Å²) in [5, 5.41) is 6.13. The first-order valence-electron chi connectivity index (χ1n) is 10.2. The molecule has 3 heterocycles. The number of H-pyrrole nitrogens is 1. The van der Waals surface area contributed by atoms with Gasteiger partial charge in [-0.2, -0.15) is 4.98 Å². The Labute approximate surface area is 201 Å². The van der Waals surface area contributed by atoms with Crippen molar-refractivity contribution in [3.63, 3.8) is 0 Å². The lowest BCUT2D eigenvalue weighted by molar-refractivity contribution is 0.310. The summed E-state index contributed by atoms with van der Waals surface area (Å²) in [6.07, 6.45) is 2.13. The van der Waals surface area contributed by atoms with Crippen LogP contribution >= 0.6 is 23.2 Å². The molecule has 1 aliphatic heterocycles. The van der Waals surface area contributed by atoms with Crippen LogP contribution < -0.4 is 16.2 Å². The molecule has 0 bridgehead atoms. The first-order chi connectivity index (χ1) is 15.7. The van der Waals surface area contributed by atoms with Crippen molar-refractivity contribution in [1.82, 2.24) is 19.9 Å². The minimum Gasteiger partial charge on any atom is -0.338 e. The number of aromatic amines is 1. The third-order valence-electron chi connectivity index (χ3n) is 5.30. The van der Waals surface area contributed by atoms with Gasteiger partial charge in [-0.25, -0.2) is 13.4 Å². The Hall–Kier alpha value is -2.66. The number of anilines is 4. The number of benzene rings is 1. The van der Waals surface area contributed by atoms with E-state index in [1.807, 2.05) is 7.05 Å². The van der Waals surface area contributed by atoms with Crippen molar-refractivity contribution in [2.24, 2.45) is 0 Å². The predicted octanol–water partition coefficient (Wildman–Crippen LogP) is 3.74. The van der Waals surface area contributed by atoms with Gasteiger partial charge in [0, 0.05) is 25.2 Å². The van der Waals surface area contributed by atoms with Gasteiger partial charge in [-0.05, 0) is 30.8 Å². The second-order valence-electron chi connectivity index (χ2n) is 7.66. The molecule has 3 aromatic rings. The molecule has 0 spiro atoms. The first kappa shape index (κ1) is 23.5. The molecule has 0 aliphatic carbocycles. The van der Waals surface area contributed by atoms with Crippen molar-refractivity contribution in [3.05, 3.63) is 62.1 Å². The SMILES string of the molecule is CCS(=O)(=O)c1c(Cl)cccc1Nc1nc(Nc2cc3c([nH]c2=O)CCN(C)C3)ncc1Cl. The van der Waals surface area contributed by atoms with E-state index in [-0.39, 0.29) is 43.7 Å². The number of rotatable bonds is 6. The number of sulfone groups is 1. The second kappa shape index (κ2) is 9.30. The fourth-order valence-corrected chi connectivity index (χ4v) is 5.35. The molecule has 33 heavy (non-hydrogen) atoms. The van der Waals surface area contributed by atoms with Gasteiger partial charge in [0.25, 0.3) is 5.56 Å². The maximum absolute atomic E-state index is 12.6. The van der Waals surface area contributed by atoms with Crippen LogP contribution in [-0.2, 0) is 22.8 Å². The summed E-state index contributed by atoms with van der Waals surface area (Å²) in [5.74, 6) is 0.169. The highest BCUT2D eigenvalue weighted by Gasteiger charge is 2.22. The number of pyridine rings is 1. The monoisotopic (exact) mass is 508 g/mol. The highest BCUT2D eigenvalue weighted by atomic mass is 35.5. The van der Waals surface area contributed by atoms with Crippen LogP contribution in [0.15, 0.2) is 40.2 Å². The van der Waals surface area contributed by atoms with Crippen molar-refractivity contribution in [1.29, 1.82) is 0 Å². The number of hydrogen-bond acceptors (Lipinski definition) is 8. The Morgan fingerprint density at radius 2 is 1.97 bits per heavy atom. The Morgan fingerprint density at radius 1 is 1.18 bits per heavy atom. The number of likely N-dealkylation sites (N-methyl/N-ethyl adjacent to an activating group) is 1. The van der Waals surface area contributed by atoms with Crippen LogP contribution in [0.3, 0.4) is 0 Å². The Kier molecular flexibility index (Phi) is 6.62. The average molecular weight is 509 g/mol. The molecule has 0 radical (unpaired) electrons. The molecule has 0 amide bonds. The standard InChI is InChI=1S/C21H22Cl2N6O3S/c1-3-33(31,32)18-13(22)5-4-6-16(18)25-19-14(23)10-24-21(28-19)27-17-9-12-11-29(2)8-7-15(12)26-20(17)30/h4-6,9-10H,3,7-8,11H2,1-2H3,(H,26,30)(H2,24,25,27,28). The maximum Gasteiger partial charge on any atom is 0.271 e. The topological polar surface area (TPSA) is 120 Å². The average Bonchev–Trinajstić information content (AvgIpc) is 2.76. The Morgan fingerprint density at radius 3 is 2.73 bits per heavy atom. The van der Waals surface area contributed by atoms with E-state index in [1.54, 1.807) is 18.2 Å². The summed E-state index contributed by atoms with van der Waals surface area (Å²) in [5.41, 5.74) is 2.21. The summed E-state index contributed by atoms with van der Waals surface area (Å²) in [6, 6.07) is 6.49. The number of nitrogens with one attached hydrogen (secondary N) is 3. The zero-order valence-corrected chi connectivity index (χ0v) is 20.3. The molecule has 174 valence electrons. The van der Waals surface area contributed by atoms with Crippen molar-refractivity contribution in [3.8, 4) is 0 Å². The van der Waals surface area contributed by atoms with Gasteiger partial charge in [-0.15, -0.1) is 0 Å². The summed E-state index contributed by atoms with van der Waals surface area (Å²) >= 11 is 12.4. The minimum atomic E-state index is -3.62. The molecule has 12 heteroatoms. The number of hydrogen-bond donors (Lipinski definition) is 3. The molecule has 0 unspecified atom stereocenters. The van der Waals surface area contributed by atoms with E-state index < -0.39 is 9.84 Å². The van der Waals surface area contributed by atoms with E-state index >= 15 is 0 Å². The van der Waals surface area contributed by atoms with Crippen LogP contribution in [0.4, 0.5) is 23.1 Å². The molecular formula is C21H22Cl2N6O3S. The van der Waals surface area contributed by atoms with E-state index in [0.29, 0.717) is 5.69 Å². The molecule has 9 nitrogen and oxygen atoms in total. The van der Waals surface area contributed by atoms with Gasteiger partial charge < -0.3 is 20.5 Å². The van der Waals surface area contributed by atoms with Crippen LogP contribution in [0.2, 0.25) is 10.0 Å². The highest BCUT2D eigenvalue weighted by Crippen LogP contribution is 2.33. The fraction of sp³-hybridized carbons (Fsp3) is 0.286. The van der Waals surface area contributed by atoms with Gasteiger partial charge in [0.15, 0.2) is 15.7 Å². The molecule has 0 saturated carbocycles. The second-order valence-corrected chi connectivity index (χ2v) is 10.7. The van der Waals surface area contributed by atoms with Crippen LogP contribution in [-0.4, -0.2) is 47.6 Å². The van der Waals surface area contributed by atoms with Gasteiger partial charge in [0.05, 0.1) is 22.7 Å². The van der Waals surface area contributed by atoms with Crippen molar-refractivity contribution >= 4 is 56.2 Å². The Balaban J connectivity index is 1.67. The molecule has 3 N–H and O–H groups in total. The van der Waals surface area contributed by atoms with Crippen molar-refractivity contribution < 1.29 is 8.42 Å². The molecular weight excluding hydrogens is 487 g/mol. The third-order valence-corrected chi connectivity index (χ3v) is 7.83. The van der Waals surface area contributed by atoms with Crippen molar-refractivity contribution in [2.75, 3.05) is 30.0 Å². The largest absolute Gasteiger partial charge is 0.338 e. The van der Waals surface area contributed by atoms with Crippen LogP contribution in [0.5, 0.6) is 0 Å². The predicted molar refractivity (Wildman–Crippen MR) is 130 cm³/mol. The van der Waals surface area contributed by atoms with E-state index in [1.165, 1.54) is 19.2 Å². The molecule has 0 saturated heterocycles. The van der Waals surface area contributed by atoms with Gasteiger partial charge in [0.1, 0.15) is 15.6 Å². The summed E-state index contributed by atoms with van der Waals surface area (Å²) in [6.45, 7) is 3.14. The number of aromatic nitrogens is 3. The third kappa shape index (κ3) is 4.98. The molecule has 0 atom stereocenters. The lowest BCUT2D eigenvalue weighted by Gasteiger charge is -2.24. The molecule has 1 aromatic carbocycles. The smallest absolute Gasteiger partial charge is 0.271 e. The van der Waals surface area contributed by atoms with E-state index in [4.69, 9.17) is 23.2 Å². The summed E-state index contributed by atoms with van der Waals surface area (Å²) < 4.78 is 25.1. The van der Waals surface area contributed by atoms with Crippen molar-refractivity contribution in [2.45, 2.75) is 24.8 Å². The zero-order valence-electron chi connectivity index (χ0n) is 17.9. The quantitative estimate of drug-likeness (QED) is 0.460. The Bertz CT molecular complexity index is 1380. The summed E-state index contributed by atoms with van der Waals surface area (Å²) in [7, 11) is -1.60. The van der Waals surface area contributed by atoms with E-state index in [0.717, 1.165) is 30.8 Å². The number of fused-ring (bicyclic) bond motifs is 1. The fourth-order valence-electron chi connectivity index (χ4n) is 3.57. The summed E-state index contributed by atoms with van der Waals surface area (Å²) in [4.78, 5) is 26.1. The first-order valence-corrected chi connectivity index (χ1v) is 12.6. The van der Waals surface area contributed by atoms with Gasteiger partial charge in [0.2, 0.25) is 5.95 Å². The molecule has 2 aromatic heterocycles. The van der Waals surface area contributed by atoms with Crippen LogP contribution in [0.25, 0.3) is 0 Å². The highest BCUT2D eigenvalue weighted by molar-refractivity contribution is 7.91. The molecule has 0 fully saturated rings. The van der Waals surface area contributed by atoms with Crippen LogP contribution in [0, 0.1) is 0 Å². The molecule has 4 rings (SSSR count). The molecule has 1 aliphatic rings. The lowest BCUT2D eigenvalue weighted by Crippen LogP contribution is -2.29. The van der Waals surface area contributed by atoms with Crippen LogP contribution in [0.1, 0.15) is 18.2 Å². The van der Waals surface area contributed by atoms with E-state index in [9.17, 15) is 13.2 Å². The van der Waals surface area contributed by atoms with E-state index in [2.05, 4.69) is 30.5 Å². The normalized spacial score (nSPS) is 14.1. The zero-order chi connectivity index (χ0) is 23.8. The maximum atomic E-state index is 12.6. The number of halogens is 2.